The minimum absolute atomic E-state index is 0.152. The molecule has 1 aliphatic heterocycles. The molecule has 0 amide bonds. The number of hydrogen-bond donors (Lipinski definition) is 2. The van der Waals surface area contributed by atoms with Crippen LogP contribution >= 0.6 is 15.9 Å². The van der Waals surface area contributed by atoms with Gasteiger partial charge in [-0.3, -0.25) is 10.8 Å². The van der Waals surface area contributed by atoms with Crippen LogP contribution in [0.5, 0.6) is 0 Å². The van der Waals surface area contributed by atoms with Gasteiger partial charge in [0.15, 0.2) is 0 Å². The molecular weight excluding hydrogens is 258 g/mol. The van der Waals surface area contributed by atoms with E-state index in [-0.39, 0.29) is 6.04 Å². The fraction of sp³-hybridized carbons (Fsp3) is 0.300. The monoisotopic (exact) mass is 269 g/mol. The Bertz CT molecular complexity index is 363. The molecule has 1 aliphatic rings. The molecule has 0 radical (unpaired) electrons. The summed E-state index contributed by atoms with van der Waals surface area (Å²) in [4.78, 5) is 4.28. The van der Waals surface area contributed by atoms with Gasteiger partial charge in [0.05, 0.1) is 12.3 Å². The molecule has 4 nitrogen and oxygen atoms in total. The van der Waals surface area contributed by atoms with Crippen molar-refractivity contribution >= 4 is 15.9 Å². The van der Waals surface area contributed by atoms with Gasteiger partial charge in [-0.1, -0.05) is 0 Å². The van der Waals surface area contributed by atoms with Crippen molar-refractivity contribution in [2.75, 3.05) is 6.61 Å². The number of pyridine rings is 1. The molecule has 3 N–H and O–H groups in total. The summed E-state index contributed by atoms with van der Waals surface area (Å²) in [6.45, 7) is 0.726. The van der Waals surface area contributed by atoms with E-state index in [9.17, 15) is 0 Å². The van der Waals surface area contributed by atoms with Crippen LogP contribution in [0, 0.1) is 0 Å². The third-order valence-corrected chi connectivity index (χ3v) is 2.70. The van der Waals surface area contributed by atoms with Crippen molar-refractivity contribution < 1.29 is 4.74 Å². The van der Waals surface area contributed by atoms with E-state index in [0.29, 0.717) is 0 Å². The van der Waals surface area contributed by atoms with Gasteiger partial charge >= 0.3 is 0 Å². The molecule has 1 aromatic rings. The zero-order valence-corrected chi connectivity index (χ0v) is 9.70. The summed E-state index contributed by atoms with van der Waals surface area (Å²) in [5.41, 5.74) is 3.56. The van der Waals surface area contributed by atoms with Gasteiger partial charge in [0, 0.05) is 17.1 Å². The molecule has 0 bridgehead atoms. The van der Waals surface area contributed by atoms with Crippen LogP contribution in [0.25, 0.3) is 0 Å². The Morgan fingerprint density at radius 1 is 1.53 bits per heavy atom. The number of nitrogens with one attached hydrogen (secondary N) is 1. The Balaban J connectivity index is 2.22. The van der Waals surface area contributed by atoms with Crippen molar-refractivity contribution in [1.29, 1.82) is 0 Å². The van der Waals surface area contributed by atoms with E-state index in [1.54, 1.807) is 6.20 Å². The van der Waals surface area contributed by atoms with Gasteiger partial charge in [-0.15, -0.1) is 0 Å². The Morgan fingerprint density at radius 2 is 2.40 bits per heavy atom. The Kier molecular flexibility index (Phi) is 3.35. The van der Waals surface area contributed by atoms with Crippen molar-refractivity contribution in [2.24, 2.45) is 5.84 Å². The second kappa shape index (κ2) is 4.74. The van der Waals surface area contributed by atoms with E-state index >= 15 is 0 Å². The van der Waals surface area contributed by atoms with Crippen LogP contribution in [0.3, 0.4) is 0 Å². The Labute approximate surface area is 96.6 Å². The lowest BCUT2D eigenvalue weighted by atomic mass is 10.1. The average molecular weight is 270 g/mol. The van der Waals surface area contributed by atoms with E-state index in [1.807, 2.05) is 18.2 Å². The van der Waals surface area contributed by atoms with Crippen LogP contribution < -0.4 is 11.3 Å². The van der Waals surface area contributed by atoms with E-state index in [0.717, 1.165) is 29.0 Å². The standard InChI is InChI=1S/C10H12BrN3O/c11-7-3-4-8(13-6-7)10(14-12)9-2-1-5-15-9/h2-4,6,10,14H,1,5,12H2. The average Bonchev–Trinajstić information content (AvgIpc) is 2.75. The zero-order chi connectivity index (χ0) is 10.7. The fourth-order valence-electron chi connectivity index (χ4n) is 1.51. The van der Waals surface area contributed by atoms with Gasteiger partial charge in [-0.05, 0) is 34.1 Å². The van der Waals surface area contributed by atoms with E-state index in [1.165, 1.54) is 0 Å². The molecule has 1 aromatic heterocycles. The maximum atomic E-state index is 5.50. The first kappa shape index (κ1) is 10.6. The molecule has 15 heavy (non-hydrogen) atoms. The third kappa shape index (κ3) is 2.37. The number of hydrazine groups is 1. The molecule has 5 heteroatoms. The normalized spacial score (nSPS) is 17.1. The van der Waals surface area contributed by atoms with Crippen LogP contribution in [-0.4, -0.2) is 11.6 Å². The van der Waals surface area contributed by atoms with E-state index in [2.05, 4.69) is 26.3 Å². The number of aromatic nitrogens is 1. The molecule has 0 fully saturated rings. The van der Waals surface area contributed by atoms with Crippen molar-refractivity contribution in [3.05, 3.63) is 40.3 Å². The molecule has 0 aromatic carbocycles. The highest BCUT2D eigenvalue weighted by molar-refractivity contribution is 9.10. The predicted molar refractivity (Wildman–Crippen MR) is 60.7 cm³/mol. The van der Waals surface area contributed by atoms with Crippen LogP contribution in [0.1, 0.15) is 18.2 Å². The van der Waals surface area contributed by atoms with Gasteiger partial charge in [0.1, 0.15) is 11.8 Å². The lowest BCUT2D eigenvalue weighted by molar-refractivity contribution is 0.214. The molecule has 2 rings (SSSR count). The van der Waals surface area contributed by atoms with Crippen LogP contribution in [-0.2, 0) is 4.74 Å². The first-order valence-corrected chi connectivity index (χ1v) is 5.51. The molecular formula is C10H12BrN3O. The highest BCUT2D eigenvalue weighted by atomic mass is 79.9. The summed E-state index contributed by atoms with van der Waals surface area (Å²) in [7, 11) is 0. The first-order valence-electron chi connectivity index (χ1n) is 4.71. The van der Waals surface area contributed by atoms with Gasteiger partial charge in [0.25, 0.3) is 0 Å². The first-order chi connectivity index (χ1) is 7.31. The topological polar surface area (TPSA) is 60.2 Å². The number of nitrogens with two attached hydrogens (primary N) is 1. The van der Waals surface area contributed by atoms with E-state index < -0.39 is 0 Å². The molecule has 0 saturated heterocycles. The van der Waals surface area contributed by atoms with Gasteiger partial charge in [0.2, 0.25) is 0 Å². The maximum Gasteiger partial charge on any atom is 0.120 e. The van der Waals surface area contributed by atoms with Crippen LogP contribution in [0.4, 0.5) is 0 Å². The lowest BCUT2D eigenvalue weighted by Crippen LogP contribution is -2.30. The summed E-state index contributed by atoms with van der Waals surface area (Å²) < 4.78 is 6.41. The number of halogens is 1. The van der Waals surface area contributed by atoms with Crippen molar-refractivity contribution in [3.63, 3.8) is 0 Å². The lowest BCUT2D eigenvalue weighted by Gasteiger charge is -2.16. The summed E-state index contributed by atoms with van der Waals surface area (Å²) >= 11 is 3.34. The highest BCUT2D eigenvalue weighted by Crippen LogP contribution is 2.24. The quantitative estimate of drug-likeness (QED) is 0.647. The van der Waals surface area contributed by atoms with Gasteiger partial charge < -0.3 is 4.74 Å². The Hall–Kier alpha value is -0.910. The number of ether oxygens (including phenoxy) is 1. The Morgan fingerprint density at radius 3 is 2.93 bits per heavy atom. The zero-order valence-electron chi connectivity index (χ0n) is 8.11. The fourth-order valence-corrected chi connectivity index (χ4v) is 1.74. The van der Waals surface area contributed by atoms with Crippen molar-refractivity contribution in [1.82, 2.24) is 10.4 Å². The summed E-state index contributed by atoms with van der Waals surface area (Å²) in [5, 5.41) is 0. The number of rotatable bonds is 3. The van der Waals surface area contributed by atoms with E-state index in [4.69, 9.17) is 10.6 Å². The third-order valence-electron chi connectivity index (χ3n) is 2.23. The molecule has 1 atom stereocenters. The summed E-state index contributed by atoms with van der Waals surface area (Å²) in [6, 6.07) is 3.69. The molecule has 0 aliphatic carbocycles. The summed E-state index contributed by atoms with van der Waals surface area (Å²) in [5.74, 6) is 6.35. The predicted octanol–water partition coefficient (Wildman–Crippen LogP) is 1.65. The smallest absolute Gasteiger partial charge is 0.120 e. The summed E-state index contributed by atoms with van der Waals surface area (Å²) in [6.07, 6.45) is 4.72. The minimum Gasteiger partial charge on any atom is -0.496 e. The SMILES string of the molecule is NNC(C1=CCCO1)c1ccc(Br)cn1. The minimum atomic E-state index is -0.152. The maximum absolute atomic E-state index is 5.50. The van der Waals surface area contributed by atoms with Gasteiger partial charge in [-0.25, -0.2) is 5.43 Å². The van der Waals surface area contributed by atoms with Crippen LogP contribution in [0.15, 0.2) is 34.6 Å². The van der Waals surface area contributed by atoms with Crippen molar-refractivity contribution in [2.45, 2.75) is 12.5 Å². The second-order valence-corrected chi connectivity index (χ2v) is 4.16. The second-order valence-electron chi connectivity index (χ2n) is 3.24. The van der Waals surface area contributed by atoms with Crippen molar-refractivity contribution in [3.8, 4) is 0 Å². The molecule has 0 saturated carbocycles. The number of hydrogen-bond acceptors (Lipinski definition) is 4. The largest absolute Gasteiger partial charge is 0.496 e. The number of nitrogens with zero attached hydrogens (tertiary/aromatic N) is 1. The highest BCUT2D eigenvalue weighted by Gasteiger charge is 2.20. The van der Waals surface area contributed by atoms with Gasteiger partial charge in [-0.2, -0.15) is 0 Å². The molecule has 2 heterocycles. The molecule has 1 unspecified atom stereocenters. The molecule has 0 spiro atoms. The molecule has 80 valence electrons. The van der Waals surface area contributed by atoms with Crippen LogP contribution in [0.2, 0.25) is 0 Å².